The van der Waals surface area contributed by atoms with Gasteiger partial charge in [-0.2, -0.15) is 0 Å². The zero-order chi connectivity index (χ0) is 12.4. The number of carbonyl (C=O) groups is 1. The van der Waals surface area contributed by atoms with Gasteiger partial charge in [-0.1, -0.05) is 41.5 Å². The molecule has 0 amide bonds. The number of benzene rings is 1. The van der Waals surface area contributed by atoms with Gasteiger partial charge in [-0.3, -0.25) is 4.79 Å². The highest BCUT2D eigenvalue weighted by atomic mass is 16.1. The molecule has 1 aliphatic rings. The van der Waals surface area contributed by atoms with Gasteiger partial charge in [-0.25, -0.2) is 0 Å². The summed E-state index contributed by atoms with van der Waals surface area (Å²) in [4.78, 5) is 11.8. The summed E-state index contributed by atoms with van der Waals surface area (Å²) in [5.41, 5.74) is 4.16. The average Bonchev–Trinajstić information content (AvgIpc) is 2.33. The number of allylic oxidation sites excluding steroid dienone is 2. The summed E-state index contributed by atoms with van der Waals surface area (Å²) in [6.45, 7) is 6.09. The molecular formula is C16H20O. The first-order valence-electron chi connectivity index (χ1n) is 6.30. The Morgan fingerprint density at radius 2 is 1.65 bits per heavy atom. The Hall–Kier alpha value is -1.37. The Bertz CT molecular complexity index is 442. The number of Topliss-reactive ketones (excluding diaryl/α,β-unsaturated/α-hetero) is 1. The maximum atomic E-state index is 11.8. The van der Waals surface area contributed by atoms with Gasteiger partial charge >= 0.3 is 0 Å². The summed E-state index contributed by atoms with van der Waals surface area (Å²) in [7, 11) is 0. The van der Waals surface area contributed by atoms with Crippen molar-refractivity contribution >= 4 is 5.78 Å². The third-order valence-corrected chi connectivity index (χ3v) is 4.02. The van der Waals surface area contributed by atoms with E-state index in [1.807, 2.05) is 6.07 Å². The van der Waals surface area contributed by atoms with E-state index in [2.05, 4.69) is 38.1 Å². The molecule has 17 heavy (non-hydrogen) atoms. The second kappa shape index (κ2) is 4.87. The molecule has 2 rings (SSSR count). The summed E-state index contributed by atoms with van der Waals surface area (Å²) in [5.74, 6) is 0.865. The minimum absolute atomic E-state index is 0.168. The molecule has 2 atom stereocenters. The van der Waals surface area contributed by atoms with E-state index in [1.54, 1.807) is 6.92 Å². The highest BCUT2D eigenvalue weighted by Crippen LogP contribution is 2.40. The van der Waals surface area contributed by atoms with Gasteiger partial charge in [0.25, 0.3) is 0 Å². The Kier molecular flexibility index (Phi) is 3.46. The maximum Gasteiger partial charge on any atom is 0.133 e. The summed E-state index contributed by atoms with van der Waals surface area (Å²) < 4.78 is 0. The van der Waals surface area contributed by atoms with E-state index in [1.165, 1.54) is 16.7 Å². The molecule has 0 saturated carbocycles. The standard InChI is InChI=1S/C16H20O/c1-11-9-15(13(3)17)16(10-12(11)2)14-7-5-4-6-8-14/h4-8,15-16H,9-10H2,1-3H3/t15-,16-/m0/s1. The number of hydrogen-bond donors (Lipinski definition) is 0. The summed E-state index contributed by atoms with van der Waals surface area (Å²) >= 11 is 0. The van der Waals surface area contributed by atoms with Gasteiger partial charge in [0.2, 0.25) is 0 Å². The maximum absolute atomic E-state index is 11.8. The average molecular weight is 228 g/mol. The van der Waals surface area contributed by atoms with Crippen LogP contribution in [0.3, 0.4) is 0 Å². The third kappa shape index (κ3) is 2.49. The fraction of sp³-hybridized carbons (Fsp3) is 0.438. The number of carbonyl (C=O) groups excluding carboxylic acids is 1. The molecule has 1 aliphatic carbocycles. The molecule has 0 heterocycles. The fourth-order valence-electron chi connectivity index (χ4n) is 2.77. The Labute approximate surface area is 104 Å². The highest BCUT2D eigenvalue weighted by molar-refractivity contribution is 5.80. The Morgan fingerprint density at radius 1 is 1.06 bits per heavy atom. The van der Waals surface area contributed by atoms with E-state index in [9.17, 15) is 4.79 Å². The van der Waals surface area contributed by atoms with Gasteiger partial charge < -0.3 is 0 Å². The second-order valence-corrected chi connectivity index (χ2v) is 5.20. The van der Waals surface area contributed by atoms with E-state index in [0.717, 1.165) is 12.8 Å². The zero-order valence-corrected chi connectivity index (χ0v) is 10.9. The van der Waals surface area contributed by atoms with Crippen molar-refractivity contribution in [2.45, 2.75) is 39.5 Å². The fourth-order valence-corrected chi connectivity index (χ4v) is 2.77. The molecule has 1 aromatic carbocycles. The molecule has 0 spiro atoms. The monoisotopic (exact) mass is 228 g/mol. The van der Waals surface area contributed by atoms with E-state index < -0.39 is 0 Å². The number of hydrogen-bond acceptors (Lipinski definition) is 1. The molecule has 90 valence electrons. The van der Waals surface area contributed by atoms with Crippen LogP contribution in [0.2, 0.25) is 0 Å². The lowest BCUT2D eigenvalue weighted by molar-refractivity contribution is -0.121. The van der Waals surface area contributed by atoms with Crippen molar-refractivity contribution in [1.29, 1.82) is 0 Å². The van der Waals surface area contributed by atoms with Crippen molar-refractivity contribution in [2.24, 2.45) is 5.92 Å². The number of rotatable bonds is 2. The topological polar surface area (TPSA) is 17.1 Å². The lowest BCUT2D eigenvalue weighted by atomic mass is 9.72. The molecule has 0 aliphatic heterocycles. The lowest BCUT2D eigenvalue weighted by Crippen LogP contribution is -2.24. The van der Waals surface area contributed by atoms with Crippen molar-refractivity contribution in [3.8, 4) is 0 Å². The van der Waals surface area contributed by atoms with Gasteiger partial charge in [0.1, 0.15) is 5.78 Å². The smallest absolute Gasteiger partial charge is 0.133 e. The first kappa shape index (κ1) is 12.1. The molecule has 0 bridgehead atoms. The van der Waals surface area contributed by atoms with Crippen LogP contribution in [0.15, 0.2) is 41.5 Å². The minimum Gasteiger partial charge on any atom is -0.300 e. The van der Waals surface area contributed by atoms with Crippen molar-refractivity contribution in [2.75, 3.05) is 0 Å². The lowest BCUT2D eigenvalue weighted by Gasteiger charge is -2.32. The van der Waals surface area contributed by atoms with Crippen LogP contribution in [-0.2, 0) is 4.79 Å². The van der Waals surface area contributed by atoms with Crippen LogP contribution in [0.1, 0.15) is 45.1 Å². The molecule has 0 saturated heterocycles. The SMILES string of the molecule is CC(=O)[C@@H]1CC(C)=C(C)C[C@H]1c1ccccc1. The van der Waals surface area contributed by atoms with Crippen LogP contribution >= 0.6 is 0 Å². The van der Waals surface area contributed by atoms with Gasteiger partial charge in [-0.15, -0.1) is 0 Å². The predicted octanol–water partition coefficient (Wildman–Crippen LogP) is 4.11. The van der Waals surface area contributed by atoms with Gasteiger partial charge in [0, 0.05) is 5.92 Å². The third-order valence-electron chi connectivity index (χ3n) is 4.02. The normalized spacial score (nSPS) is 24.9. The molecular weight excluding hydrogens is 208 g/mol. The van der Waals surface area contributed by atoms with Crippen LogP contribution in [0.4, 0.5) is 0 Å². The molecule has 0 radical (unpaired) electrons. The largest absolute Gasteiger partial charge is 0.300 e. The van der Waals surface area contributed by atoms with Crippen molar-refractivity contribution < 1.29 is 4.79 Å². The van der Waals surface area contributed by atoms with Gasteiger partial charge in [0.15, 0.2) is 0 Å². The van der Waals surface area contributed by atoms with E-state index in [0.29, 0.717) is 11.7 Å². The first-order chi connectivity index (χ1) is 8.09. The summed E-state index contributed by atoms with van der Waals surface area (Å²) in [6.07, 6.45) is 1.96. The first-order valence-corrected chi connectivity index (χ1v) is 6.30. The Morgan fingerprint density at radius 3 is 2.24 bits per heavy atom. The quantitative estimate of drug-likeness (QED) is 0.696. The minimum atomic E-state index is 0.168. The number of ketones is 1. The predicted molar refractivity (Wildman–Crippen MR) is 71.0 cm³/mol. The van der Waals surface area contributed by atoms with Crippen molar-refractivity contribution in [1.82, 2.24) is 0 Å². The zero-order valence-electron chi connectivity index (χ0n) is 10.9. The van der Waals surface area contributed by atoms with Gasteiger partial charge in [0.05, 0.1) is 0 Å². The summed E-state index contributed by atoms with van der Waals surface area (Å²) in [5, 5.41) is 0. The van der Waals surface area contributed by atoms with Crippen LogP contribution in [0.5, 0.6) is 0 Å². The van der Waals surface area contributed by atoms with Crippen LogP contribution in [0.25, 0.3) is 0 Å². The van der Waals surface area contributed by atoms with E-state index in [4.69, 9.17) is 0 Å². The Balaban J connectivity index is 2.35. The molecule has 1 aromatic rings. The van der Waals surface area contributed by atoms with Crippen LogP contribution in [-0.4, -0.2) is 5.78 Å². The second-order valence-electron chi connectivity index (χ2n) is 5.20. The molecule has 0 fully saturated rings. The van der Waals surface area contributed by atoms with E-state index >= 15 is 0 Å². The van der Waals surface area contributed by atoms with Crippen molar-refractivity contribution in [3.63, 3.8) is 0 Å². The molecule has 0 N–H and O–H groups in total. The van der Waals surface area contributed by atoms with Crippen molar-refractivity contribution in [3.05, 3.63) is 47.0 Å². The molecule has 0 aromatic heterocycles. The molecule has 0 unspecified atom stereocenters. The van der Waals surface area contributed by atoms with Crippen LogP contribution in [0, 0.1) is 5.92 Å². The van der Waals surface area contributed by atoms with Crippen LogP contribution < -0.4 is 0 Å². The van der Waals surface area contributed by atoms with Gasteiger partial charge in [-0.05, 0) is 45.1 Å². The van der Waals surface area contributed by atoms with E-state index in [-0.39, 0.29) is 5.92 Å². The summed E-state index contributed by atoms with van der Waals surface area (Å²) in [6, 6.07) is 10.5. The molecule has 1 heteroatoms. The highest BCUT2D eigenvalue weighted by Gasteiger charge is 2.31. The molecule has 1 nitrogen and oxygen atoms in total.